The SMILES string of the molecule is CC1(C)CN(C(=O)NC2CCCCC2)CC(C)(C)O1. The van der Waals surface area contributed by atoms with Crippen LogP contribution < -0.4 is 5.32 Å². The number of urea groups is 1. The number of hydrogen-bond donors (Lipinski definition) is 1. The van der Waals surface area contributed by atoms with Crippen molar-refractivity contribution in [2.75, 3.05) is 13.1 Å². The third-order valence-electron chi connectivity index (χ3n) is 3.92. The Morgan fingerprint density at radius 2 is 1.58 bits per heavy atom. The van der Waals surface area contributed by atoms with Crippen molar-refractivity contribution in [2.45, 2.75) is 77.0 Å². The van der Waals surface area contributed by atoms with Gasteiger partial charge in [-0.25, -0.2) is 4.79 Å². The predicted molar refractivity (Wildman–Crippen MR) is 76.2 cm³/mol. The fourth-order valence-electron chi connectivity index (χ4n) is 3.44. The van der Waals surface area contributed by atoms with Crippen LogP contribution in [0.4, 0.5) is 4.79 Å². The fourth-order valence-corrected chi connectivity index (χ4v) is 3.44. The van der Waals surface area contributed by atoms with Crippen molar-refractivity contribution in [2.24, 2.45) is 0 Å². The Morgan fingerprint density at radius 3 is 2.11 bits per heavy atom. The third kappa shape index (κ3) is 4.10. The highest BCUT2D eigenvalue weighted by atomic mass is 16.5. The smallest absolute Gasteiger partial charge is 0.317 e. The monoisotopic (exact) mass is 268 g/mol. The van der Waals surface area contributed by atoms with Gasteiger partial charge in [0.25, 0.3) is 0 Å². The molecule has 2 aliphatic rings. The normalized spacial score (nSPS) is 27.1. The number of nitrogens with one attached hydrogen (secondary N) is 1. The van der Waals surface area contributed by atoms with E-state index in [9.17, 15) is 4.79 Å². The first-order valence-corrected chi connectivity index (χ1v) is 7.53. The second-order valence-electron chi connectivity index (χ2n) is 7.26. The first-order valence-electron chi connectivity index (χ1n) is 7.53. The van der Waals surface area contributed by atoms with Gasteiger partial charge in [-0.05, 0) is 40.5 Å². The van der Waals surface area contributed by atoms with Gasteiger partial charge in [0.05, 0.1) is 24.3 Å². The van der Waals surface area contributed by atoms with Gasteiger partial charge in [-0.2, -0.15) is 0 Å². The molecule has 1 saturated heterocycles. The van der Waals surface area contributed by atoms with Crippen molar-refractivity contribution in [1.82, 2.24) is 10.2 Å². The molecule has 0 aromatic carbocycles. The summed E-state index contributed by atoms with van der Waals surface area (Å²) >= 11 is 0. The number of carbonyl (C=O) groups excluding carboxylic acids is 1. The fraction of sp³-hybridized carbons (Fsp3) is 0.933. The van der Waals surface area contributed by atoms with E-state index in [1.165, 1.54) is 19.3 Å². The van der Waals surface area contributed by atoms with E-state index >= 15 is 0 Å². The molecule has 0 aromatic rings. The Kier molecular flexibility index (Phi) is 4.09. The van der Waals surface area contributed by atoms with Crippen LogP contribution in [0.2, 0.25) is 0 Å². The Hall–Kier alpha value is -0.770. The first-order chi connectivity index (χ1) is 8.77. The molecule has 0 unspecified atom stereocenters. The van der Waals surface area contributed by atoms with E-state index in [-0.39, 0.29) is 17.2 Å². The van der Waals surface area contributed by atoms with Crippen LogP contribution in [0.15, 0.2) is 0 Å². The molecule has 1 aliphatic heterocycles. The van der Waals surface area contributed by atoms with Crippen LogP contribution in [0.1, 0.15) is 59.8 Å². The van der Waals surface area contributed by atoms with Crippen molar-refractivity contribution in [3.05, 3.63) is 0 Å². The highest BCUT2D eigenvalue weighted by molar-refractivity contribution is 5.74. The molecule has 0 spiro atoms. The maximum atomic E-state index is 12.4. The lowest BCUT2D eigenvalue weighted by molar-refractivity contribution is -0.170. The Bertz CT molecular complexity index is 317. The lowest BCUT2D eigenvalue weighted by atomic mass is 9.95. The number of ether oxygens (including phenoxy) is 1. The van der Waals surface area contributed by atoms with Gasteiger partial charge < -0.3 is 15.0 Å². The average molecular weight is 268 g/mol. The summed E-state index contributed by atoms with van der Waals surface area (Å²) in [5.74, 6) is 0. The molecule has 1 aliphatic carbocycles. The zero-order valence-corrected chi connectivity index (χ0v) is 12.8. The predicted octanol–water partition coefficient (Wildman–Crippen LogP) is 2.92. The van der Waals surface area contributed by atoms with Crippen LogP contribution in [-0.4, -0.2) is 41.3 Å². The summed E-state index contributed by atoms with van der Waals surface area (Å²) in [4.78, 5) is 14.3. The van der Waals surface area contributed by atoms with Gasteiger partial charge in [0.15, 0.2) is 0 Å². The maximum absolute atomic E-state index is 12.4. The summed E-state index contributed by atoms with van der Waals surface area (Å²) < 4.78 is 6.01. The molecule has 2 fully saturated rings. The standard InChI is InChI=1S/C15H28N2O2/c1-14(2)10-17(11-15(3,4)19-14)13(18)16-12-8-6-5-7-9-12/h12H,5-11H2,1-4H3,(H,16,18). The molecule has 0 aromatic heterocycles. The van der Waals surface area contributed by atoms with Gasteiger partial charge in [0.1, 0.15) is 0 Å². The molecule has 4 heteroatoms. The van der Waals surface area contributed by atoms with E-state index in [2.05, 4.69) is 33.0 Å². The largest absolute Gasteiger partial charge is 0.366 e. The molecular formula is C15H28N2O2. The summed E-state index contributed by atoms with van der Waals surface area (Å²) in [5.41, 5.74) is -0.544. The molecule has 0 bridgehead atoms. The maximum Gasteiger partial charge on any atom is 0.317 e. The highest BCUT2D eigenvalue weighted by Gasteiger charge is 2.40. The molecule has 0 radical (unpaired) electrons. The molecule has 0 atom stereocenters. The van der Waals surface area contributed by atoms with E-state index in [1.54, 1.807) is 0 Å². The second-order valence-corrected chi connectivity index (χ2v) is 7.26. The molecule has 110 valence electrons. The van der Waals surface area contributed by atoms with E-state index in [4.69, 9.17) is 4.74 Å². The number of rotatable bonds is 1. The summed E-state index contributed by atoms with van der Waals surface area (Å²) in [6.07, 6.45) is 6.05. The lowest BCUT2D eigenvalue weighted by Crippen LogP contribution is -2.61. The van der Waals surface area contributed by atoms with Crippen molar-refractivity contribution in [1.29, 1.82) is 0 Å². The zero-order chi connectivity index (χ0) is 14.1. The topological polar surface area (TPSA) is 41.6 Å². The van der Waals surface area contributed by atoms with Crippen LogP contribution >= 0.6 is 0 Å². The number of hydrogen-bond acceptors (Lipinski definition) is 2. The molecular weight excluding hydrogens is 240 g/mol. The molecule has 19 heavy (non-hydrogen) atoms. The van der Waals surface area contributed by atoms with Crippen LogP contribution in [0.5, 0.6) is 0 Å². The summed E-state index contributed by atoms with van der Waals surface area (Å²) in [7, 11) is 0. The molecule has 1 N–H and O–H groups in total. The summed E-state index contributed by atoms with van der Waals surface area (Å²) in [5, 5.41) is 3.20. The van der Waals surface area contributed by atoms with Crippen LogP contribution in [0.25, 0.3) is 0 Å². The Labute approximate surface area is 116 Å². The van der Waals surface area contributed by atoms with Gasteiger partial charge in [-0.3, -0.25) is 0 Å². The van der Waals surface area contributed by atoms with Crippen LogP contribution in [0, 0.1) is 0 Å². The molecule has 1 saturated carbocycles. The zero-order valence-electron chi connectivity index (χ0n) is 12.8. The quantitative estimate of drug-likeness (QED) is 0.794. The van der Waals surface area contributed by atoms with Gasteiger partial charge >= 0.3 is 6.03 Å². The van der Waals surface area contributed by atoms with Crippen LogP contribution in [-0.2, 0) is 4.74 Å². The van der Waals surface area contributed by atoms with Crippen molar-refractivity contribution >= 4 is 6.03 Å². The Balaban J connectivity index is 1.94. The van der Waals surface area contributed by atoms with Crippen molar-refractivity contribution in [3.63, 3.8) is 0 Å². The summed E-state index contributed by atoms with van der Waals surface area (Å²) in [6, 6.07) is 0.451. The van der Waals surface area contributed by atoms with E-state index in [0.717, 1.165) is 12.8 Å². The second kappa shape index (κ2) is 5.31. The first kappa shape index (κ1) is 14.6. The van der Waals surface area contributed by atoms with Gasteiger partial charge in [-0.1, -0.05) is 19.3 Å². The average Bonchev–Trinajstić information content (AvgIpc) is 2.26. The van der Waals surface area contributed by atoms with Crippen LogP contribution in [0.3, 0.4) is 0 Å². The molecule has 4 nitrogen and oxygen atoms in total. The molecule has 1 heterocycles. The van der Waals surface area contributed by atoms with Crippen molar-refractivity contribution < 1.29 is 9.53 Å². The minimum atomic E-state index is -0.272. The van der Waals surface area contributed by atoms with E-state index < -0.39 is 0 Å². The Morgan fingerprint density at radius 1 is 1.05 bits per heavy atom. The third-order valence-corrected chi connectivity index (χ3v) is 3.92. The van der Waals surface area contributed by atoms with E-state index in [0.29, 0.717) is 19.1 Å². The highest BCUT2D eigenvalue weighted by Crippen LogP contribution is 2.28. The summed E-state index contributed by atoms with van der Waals surface area (Å²) in [6.45, 7) is 9.52. The molecule has 2 amide bonds. The number of amides is 2. The number of carbonyl (C=O) groups is 1. The number of nitrogens with zero attached hydrogens (tertiary/aromatic N) is 1. The van der Waals surface area contributed by atoms with E-state index in [1.807, 2.05) is 4.90 Å². The van der Waals surface area contributed by atoms with Gasteiger partial charge in [0, 0.05) is 6.04 Å². The lowest BCUT2D eigenvalue weighted by Gasteiger charge is -2.47. The van der Waals surface area contributed by atoms with Gasteiger partial charge in [-0.15, -0.1) is 0 Å². The minimum absolute atomic E-state index is 0.0800. The number of morpholine rings is 1. The minimum Gasteiger partial charge on any atom is -0.366 e. The van der Waals surface area contributed by atoms with Gasteiger partial charge in [0.2, 0.25) is 0 Å². The van der Waals surface area contributed by atoms with Crippen molar-refractivity contribution in [3.8, 4) is 0 Å². The molecule has 2 rings (SSSR count).